The minimum atomic E-state index is 0.911. The molecule has 0 heteroatoms. The lowest BCUT2D eigenvalue weighted by Gasteiger charge is -2.56. The van der Waals surface area contributed by atoms with Crippen molar-refractivity contribution in [3.05, 3.63) is 0 Å². The summed E-state index contributed by atoms with van der Waals surface area (Å²) < 4.78 is 0. The van der Waals surface area contributed by atoms with Gasteiger partial charge in [-0.3, -0.25) is 0 Å². The van der Waals surface area contributed by atoms with E-state index in [0.717, 1.165) is 11.3 Å². The summed E-state index contributed by atoms with van der Waals surface area (Å²) >= 11 is 0. The molecule has 1 unspecified atom stereocenters. The third kappa shape index (κ3) is 0.595. The lowest BCUT2D eigenvalue weighted by molar-refractivity contribution is -0.0502. The minimum absolute atomic E-state index is 0.911. The van der Waals surface area contributed by atoms with Crippen LogP contribution in [0.15, 0.2) is 0 Å². The fraction of sp³-hybridized carbons (Fsp3) is 1.00. The normalized spacial score (nSPS) is 37.7. The highest BCUT2D eigenvalue weighted by Gasteiger charge is 2.49. The van der Waals surface area contributed by atoms with Crippen molar-refractivity contribution in [1.82, 2.24) is 0 Å². The fourth-order valence-electron chi connectivity index (χ4n) is 2.68. The molecule has 0 aliphatic heterocycles. The fourth-order valence-corrected chi connectivity index (χ4v) is 2.68. The van der Waals surface area contributed by atoms with E-state index < -0.39 is 0 Å². The zero-order valence-electron chi connectivity index (χ0n) is 6.32. The van der Waals surface area contributed by atoms with Gasteiger partial charge in [-0.2, -0.15) is 0 Å². The van der Waals surface area contributed by atoms with E-state index in [1.165, 1.54) is 19.3 Å². The molecule has 2 rings (SSSR count). The van der Waals surface area contributed by atoms with Crippen molar-refractivity contribution in [2.45, 2.75) is 45.4 Å². The molecule has 52 valence electrons. The molecule has 0 saturated heterocycles. The van der Waals surface area contributed by atoms with Crippen molar-refractivity contribution in [2.75, 3.05) is 0 Å². The summed E-state index contributed by atoms with van der Waals surface area (Å²) in [5, 5.41) is 0. The Hall–Kier alpha value is 0. The third-order valence-electron chi connectivity index (χ3n) is 3.70. The van der Waals surface area contributed by atoms with Crippen LogP contribution in [0.5, 0.6) is 0 Å². The molecule has 1 spiro atoms. The smallest absolute Gasteiger partial charge is 0.0269 e. The van der Waals surface area contributed by atoms with Crippen LogP contribution in [-0.2, 0) is 0 Å². The van der Waals surface area contributed by atoms with Crippen molar-refractivity contribution in [1.29, 1.82) is 0 Å². The van der Waals surface area contributed by atoms with Gasteiger partial charge in [0.25, 0.3) is 0 Å². The van der Waals surface area contributed by atoms with Crippen LogP contribution in [0.25, 0.3) is 0 Å². The summed E-state index contributed by atoms with van der Waals surface area (Å²) in [4.78, 5) is 0. The Morgan fingerprint density at radius 1 is 1.33 bits per heavy atom. The van der Waals surface area contributed by atoms with Gasteiger partial charge >= 0.3 is 0 Å². The van der Waals surface area contributed by atoms with E-state index in [1.54, 1.807) is 19.3 Å². The molecule has 0 aromatic rings. The van der Waals surface area contributed by atoms with Gasteiger partial charge in [0.1, 0.15) is 0 Å². The van der Waals surface area contributed by atoms with Gasteiger partial charge in [-0.1, -0.05) is 19.8 Å². The SMILES string of the molecule is CCC1CCC12CCC2. The maximum atomic E-state index is 2.35. The van der Waals surface area contributed by atoms with E-state index in [-0.39, 0.29) is 0 Å². The van der Waals surface area contributed by atoms with Crippen LogP contribution in [-0.4, -0.2) is 0 Å². The summed E-state index contributed by atoms with van der Waals surface area (Å²) in [6.07, 6.45) is 9.19. The lowest BCUT2D eigenvalue weighted by atomic mass is 9.49. The molecule has 0 aromatic carbocycles. The first-order valence-corrected chi connectivity index (χ1v) is 4.37. The van der Waals surface area contributed by atoms with Crippen molar-refractivity contribution in [3.8, 4) is 0 Å². The van der Waals surface area contributed by atoms with Gasteiger partial charge in [0, 0.05) is 0 Å². The highest BCUT2D eigenvalue weighted by Crippen LogP contribution is 2.60. The molecule has 0 heterocycles. The average Bonchev–Trinajstić information content (AvgIpc) is 1.59. The highest BCUT2D eigenvalue weighted by molar-refractivity contribution is 4.99. The third-order valence-corrected chi connectivity index (χ3v) is 3.70. The van der Waals surface area contributed by atoms with Crippen LogP contribution in [0.2, 0.25) is 0 Å². The number of rotatable bonds is 1. The molecule has 9 heavy (non-hydrogen) atoms. The summed E-state index contributed by atoms with van der Waals surface area (Å²) in [6.45, 7) is 2.35. The monoisotopic (exact) mass is 124 g/mol. The van der Waals surface area contributed by atoms with Crippen molar-refractivity contribution >= 4 is 0 Å². The molecule has 0 aromatic heterocycles. The zero-order valence-corrected chi connectivity index (χ0v) is 6.32. The summed E-state index contributed by atoms with van der Waals surface area (Å²) in [5.41, 5.74) is 0.911. The van der Waals surface area contributed by atoms with Crippen LogP contribution in [0.4, 0.5) is 0 Å². The van der Waals surface area contributed by atoms with E-state index >= 15 is 0 Å². The Bertz CT molecular complexity index is 104. The van der Waals surface area contributed by atoms with Gasteiger partial charge in [0.2, 0.25) is 0 Å². The predicted octanol–water partition coefficient (Wildman–Crippen LogP) is 2.98. The Balaban J connectivity index is 1.97. The standard InChI is InChI=1S/C9H16/c1-2-8-4-7-9(8)5-3-6-9/h8H,2-7H2,1H3. The van der Waals surface area contributed by atoms with E-state index in [2.05, 4.69) is 6.92 Å². The second kappa shape index (κ2) is 1.74. The predicted molar refractivity (Wildman–Crippen MR) is 39.3 cm³/mol. The van der Waals surface area contributed by atoms with Gasteiger partial charge in [0.05, 0.1) is 0 Å². The Kier molecular flexibility index (Phi) is 1.12. The van der Waals surface area contributed by atoms with Crippen LogP contribution >= 0.6 is 0 Å². The Morgan fingerprint density at radius 3 is 2.22 bits per heavy atom. The van der Waals surface area contributed by atoms with Crippen LogP contribution in [0, 0.1) is 11.3 Å². The summed E-state index contributed by atoms with van der Waals surface area (Å²) in [7, 11) is 0. The van der Waals surface area contributed by atoms with E-state index in [0.29, 0.717) is 0 Å². The molecule has 2 fully saturated rings. The van der Waals surface area contributed by atoms with Crippen LogP contribution in [0.3, 0.4) is 0 Å². The first-order chi connectivity index (χ1) is 4.37. The van der Waals surface area contributed by atoms with E-state index in [9.17, 15) is 0 Å². The Morgan fingerprint density at radius 2 is 2.11 bits per heavy atom. The molecule has 2 aliphatic rings. The van der Waals surface area contributed by atoms with E-state index in [4.69, 9.17) is 0 Å². The Labute approximate surface area is 57.6 Å². The van der Waals surface area contributed by atoms with Gasteiger partial charge < -0.3 is 0 Å². The quantitative estimate of drug-likeness (QED) is 0.504. The maximum Gasteiger partial charge on any atom is -0.0269 e. The van der Waals surface area contributed by atoms with Gasteiger partial charge in [-0.25, -0.2) is 0 Å². The number of hydrogen-bond acceptors (Lipinski definition) is 0. The largest absolute Gasteiger partial charge is 0.0651 e. The van der Waals surface area contributed by atoms with Gasteiger partial charge in [-0.15, -0.1) is 0 Å². The van der Waals surface area contributed by atoms with E-state index in [1.807, 2.05) is 0 Å². The highest BCUT2D eigenvalue weighted by atomic mass is 14.5. The second-order valence-corrected chi connectivity index (χ2v) is 3.86. The molecular formula is C9H16. The summed E-state index contributed by atoms with van der Waals surface area (Å²) in [5.74, 6) is 1.13. The van der Waals surface area contributed by atoms with Gasteiger partial charge in [0.15, 0.2) is 0 Å². The molecule has 2 aliphatic carbocycles. The number of hydrogen-bond donors (Lipinski definition) is 0. The molecule has 0 N–H and O–H groups in total. The first-order valence-electron chi connectivity index (χ1n) is 4.37. The molecule has 0 amide bonds. The lowest BCUT2D eigenvalue weighted by Crippen LogP contribution is -2.45. The van der Waals surface area contributed by atoms with Crippen molar-refractivity contribution in [2.24, 2.45) is 11.3 Å². The molecular weight excluding hydrogens is 108 g/mol. The maximum absolute atomic E-state index is 2.35. The molecule has 0 bridgehead atoms. The molecule has 1 atom stereocenters. The van der Waals surface area contributed by atoms with Crippen LogP contribution in [0.1, 0.15) is 45.4 Å². The van der Waals surface area contributed by atoms with Gasteiger partial charge in [-0.05, 0) is 37.0 Å². The second-order valence-electron chi connectivity index (χ2n) is 3.86. The molecule has 0 nitrogen and oxygen atoms in total. The minimum Gasteiger partial charge on any atom is -0.0651 e. The zero-order chi connectivity index (χ0) is 6.32. The topological polar surface area (TPSA) is 0 Å². The molecule has 2 saturated carbocycles. The first kappa shape index (κ1) is 5.76. The van der Waals surface area contributed by atoms with Crippen molar-refractivity contribution in [3.63, 3.8) is 0 Å². The summed E-state index contributed by atoms with van der Waals surface area (Å²) in [6, 6.07) is 0. The van der Waals surface area contributed by atoms with Crippen LogP contribution < -0.4 is 0 Å². The molecule has 0 radical (unpaired) electrons. The average molecular weight is 124 g/mol. The van der Waals surface area contributed by atoms with Crippen molar-refractivity contribution < 1.29 is 0 Å².